The summed E-state index contributed by atoms with van der Waals surface area (Å²) in [7, 11) is 0. The van der Waals surface area contributed by atoms with E-state index < -0.39 is 0 Å². The van der Waals surface area contributed by atoms with Crippen molar-refractivity contribution in [2.24, 2.45) is 0 Å². The number of benzene rings is 2. The second-order valence-corrected chi connectivity index (χ2v) is 5.93. The molecule has 0 saturated heterocycles. The van der Waals surface area contributed by atoms with Gasteiger partial charge in [-0.1, -0.05) is 37.6 Å². The Kier molecular flexibility index (Phi) is 4.72. The van der Waals surface area contributed by atoms with Gasteiger partial charge < -0.3 is 5.32 Å². The van der Waals surface area contributed by atoms with Crippen molar-refractivity contribution in [3.05, 3.63) is 47.5 Å². The van der Waals surface area contributed by atoms with Gasteiger partial charge in [0.1, 0.15) is 0 Å². The molecule has 4 nitrogen and oxygen atoms in total. The van der Waals surface area contributed by atoms with E-state index in [-0.39, 0.29) is 11.8 Å². The van der Waals surface area contributed by atoms with Crippen LogP contribution in [0.1, 0.15) is 46.9 Å². The van der Waals surface area contributed by atoms with Crippen LogP contribution in [0.25, 0.3) is 10.8 Å². The van der Waals surface area contributed by atoms with Gasteiger partial charge in [0.05, 0.1) is 0 Å². The molecule has 0 spiro atoms. The second-order valence-electron chi connectivity index (χ2n) is 5.93. The Labute approximate surface area is 136 Å². The van der Waals surface area contributed by atoms with Gasteiger partial charge in [-0.25, -0.2) is 0 Å². The van der Waals surface area contributed by atoms with E-state index in [1.54, 1.807) is 0 Å². The molecule has 2 amide bonds. The SMILES string of the molecule is CCCCNCCCN1C(=O)c2cccc3cccc(c23)C1=O. The van der Waals surface area contributed by atoms with Crippen molar-refractivity contribution in [2.45, 2.75) is 26.2 Å². The van der Waals surface area contributed by atoms with Crippen LogP contribution in [-0.2, 0) is 0 Å². The molecule has 1 aliphatic rings. The summed E-state index contributed by atoms with van der Waals surface area (Å²) in [6.07, 6.45) is 3.09. The first-order valence-electron chi connectivity index (χ1n) is 8.32. The summed E-state index contributed by atoms with van der Waals surface area (Å²) < 4.78 is 0. The lowest BCUT2D eigenvalue weighted by atomic mass is 9.94. The summed E-state index contributed by atoms with van der Waals surface area (Å²) in [6, 6.07) is 11.3. The van der Waals surface area contributed by atoms with Crippen LogP contribution in [0.5, 0.6) is 0 Å². The minimum absolute atomic E-state index is 0.173. The van der Waals surface area contributed by atoms with Gasteiger partial charge in [-0.15, -0.1) is 0 Å². The summed E-state index contributed by atoms with van der Waals surface area (Å²) in [6.45, 7) is 4.43. The number of hydrogen-bond acceptors (Lipinski definition) is 3. The topological polar surface area (TPSA) is 49.4 Å². The monoisotopic (exact) mass is 310 g/mol. The maximum Gasteiger partial charge on any atom is 0.261 e. The van der Waals surface area contributed by atoms with E-state index >= 15 is 0 Å². The number of carbonyl (C=O) groups excluding carboxylic acids is 2. The van der Waals surface area contributed by atoms with Crippen molar-refractivity contribution in [1.29, 1.82) is 0 Å². The molecule has 0 radical (unpaired) electrons. The Morgan fingerprint density at radius 3 is 2.13 bits per heavy atom. The van der Waals surface area contributed by atoms with Crippen LogP contribution in [0.2, 0.25) is 0 Å². The number of imide groups is 1. The summed E-state index contributed by atoms with van der Waals surface area (Å²) in [5.74, 6) is -0.347. The Bertz CT molecular complexity index is 688. The first-order chi connectivity index (χ1) is 11.2. The predicted octanol–water partition coefficient (Wildman–Crippen LogP) is 3.22. The highest BCUT2D eigenvalue weighted by atomic mass is 16.2. The summed E-state index contributed by atoms with van der Waals surface area (Å²) >= 11 is 0. The quantitative estimate of drug-likeness (QED) is 0.631. The molecule has 0 aromatic heterocycles. The lowest BCUT2D eigenvalue weighted by Crippen LogP contribution is -2.41. The fourth-order valence-corrected chi connectivity index (χ4v) is 3.07. The zero-order chi connectivity index (χ0) is 16.2. The highest BCUT2D eigenvalue weighted by Crippen LogP contribution is 2.29. The largest absolute Gasteiger partial charge is 0.317 e. The highest BCUT2D eigenvalue weighted by Gasteiger charge is 2.31. The number of nitrogens with zero attached hydrogens (tertiary/aromatic N) is 1. The fraction of sp³-hybridized carbons (Fsp3) is 0.368. The zero-order valence-electron chi connectivity index (χ0n) is 13.5. The van der Waals surface area contributed by atoms with Gasteiger partial charge in [0, 0.05) is 23.1 Å². The van der Waals surface area contributed by atoms with Gasteiger partial charge in [-0.05, 0) is 43.5 Å². The minimum atomic E-state index is -0.173. The van der Waals surface area contributed by atoms with Crippen LogP contribution in [0.3, 0.4) is 0 Å². The number of carbonyl (C=O) groups is 2. The number of hydrogen-bond donors (Lipinski definition) is 1. The van der Waals surface area contributed by atoms with E-state index in [4.69, 9.17) is 0 Å². The third-order valence-electron chi connectivity index (χ3n) is 4.30. The van der Waals surface area contributed by atoms with E-state index in [1.165, 1.54) is 4.90 Å². The molecule has 4 heteroatoms. The molecule has 0 bridgehead atoms. The van der Waals surface area contributed by atoms with Crippen molar-refractivity contribution in [3.63, 3.8) is 0 Å². The summed E-state index contributed by atoms with van der Waals surface area (Å²) in [5, 5.41) is 5.09. The molecule has 1 aliphatic heterocycles. The summed E-state index contributed by atoms with van der Waals surface area (Å²) in [5.41, 5.74) is 1.27. The smallest absolute Gasteiger partial charge is 0.261 e. The number of unbranched alkanes of at least 4 members (excludes halogenated alkanes) is 1. The molecule has 0 fully saturated rings. The Morgan fingerprint density at radius 1 is 0.913 bits per heavy atom. The maximum atomic E-state index is 12.7. The molecule has 3 rings (SSSR count). The lowest BCUT2D eigenvalue weighted by molar-refractivity contribution is 0.0609. The molecule has 2 aromatic carbocycles. The number of rotatable bonds is 7. The normalized spacial score (nSPS) is 13.9. The van der Waals surface area contributed by atoms with E-state index in [9.17, 15) is 9.59 Å². The van der Waals surface area contributed by atoms with Crippen molar-refractivity contribution < 1.29 is 9.59 Å². The maximum absolute atomic E-state index is 12.7. The van der Waals surface area contributed by atoms with E-state index in [2.05, 4.69) is 12.2 Å². The molecule has 0 aliphatic carbocycles. The lowest BCUT2D eigenvalue weighted by Gasteiger charge is -2.27. The van der Waals surface area contributed by atoms with Gasteiger partial charge in [0.15, 0.2) is 0 Å². The van der Waals surface area contributed by atoms with E-state index in [0.29, 0.717) is 17.7 Å². The van der Waals surface area contributed by atoms with Gasteiger partial charge in [0.25, 0.3) is 11.8 Å². The van der Waals surface area contributed by atoms with Crippen LogP contribution in [0.15, 0.2) is 36.4 Å². The number of nitrogens with one attached hydrogen (secondary N) is 1. The van der Waals surface area contributed by atoms with E-state index in [1.807, 2.05) is 36.4 Å². The average Bonchev–Trinajstić information content (AvgIpc) is 2.58. The van der Waals surface area contributed by atoms with Crippen molar-refractivity contribution in [3.8, 4) is 0 Å². The first-order valence-corrected chi connectivity index (χ1v) is 8.32. The summed E-state index contributed by atoms with van der Waals surface area (Å²) in [4.78, 5) is 26.7. The molecular formula is C19H22N2O2. The predicted molar refractivity (Wildman–Crippen MR) is 91.7 cm³/mol. The van der Waals surface area contributed by atoms with E-state index in [0.717, 1.165) is 43.1 Å². The molecule has 0 saturated carbocycles. The Morgan fingerprint density at radius 2 is 1.52 bits per heavy atom. The number of amides is 2. The molecule has 23 heavy (non-hydrogen) atoms. The molecule has 120 valence electrons. The molecular weight excluding hydrogens is 288 g/mol. The van der Waals surface area contributed by atoms with Gasteiger partial charge in [0.2, 0.25) is 0 Å². The van der Waals surface area contributed by atoms with Crippen LogP contribution in [0.4, 0.5) is 0 Å². The zero-order valence-corrected chi connectivity index (χ0v) is 13.5. The molecule has 1 N–H and O–H groups in total. The molecule has 1 heterocycles. The standard InChI is InChI=1S/C19H22N2O2/c1-2-3-11-20-12-6-13-21-18(22)15-9-4-7-14-8-5-10-16(17(14)15)19(21)23/h4-5,7-10,20H,2-3,6,11-13H2,1H3. The van der Waals surface area contributed by atoms with Gasteiger partial charge in [-0.3, -0.25) is 14.5 Å². The third kappa shape index (κ3) is 2.99. The third-order valence-corrected chi connectivity index (χ3v) is 4.30. The van der Waals surface area contributed by atoms with Crippen molar-refractivity contribution in [2.75, 3.05) is 19.6 Å². The van der Waals surface area contributed by atoms with Crippen LogP contribution < -0.4 is 5.32 Å². The van der Waals surface area contributed by atoms with Crippen molar-refractivity contribution in [1.82, 2.24) is 10.2 Å². The molecule has 0 unspecified atom stereocenters. The van der Waals surface area contributed by atoms with Gasteiger partial charge in [-0.2, -0.15) is 0 Å². The second kappa shape index (κ2) is 6.92. The first kappa shape index (κ1) is 15.7. The minimum Gasteiger partial charge on any atom is -0.317 e. The van der Waals surface area contributed by atoms with Crippen LogP contribution in [-0.4, -0.2) is 36.3 Å². The molecule has 2 aromatic rings. The average molecular weight is 310 g/mol. The fourth-order valence-electron chi connectivity index (χ4n) is 3.07. The Balaban J connectivity index is 1.75. The van der Waals surface area contributed by atoms with Crippen LogP contribution in [0, 0.1) is 0 Å². The highest BCUT2D eigenvalue weighted by molar-refractivity contribution is 6.25. The Hall–Kier alpha value is -2.20. The van der Waals surface area contributed by atoms with Gasteiger partial charge >= 0.3 is 0 Å². The van der Waals surface area contributed by atoms with Crippen LogP contribution >= 0.6 is 0 Å². The van der Waals surface area contributed by atoms with Crippen molar-refractivity contribution >= 4 is 22.6 Å². The molecule has 0 atom stereocenters.